The van der Waals surface area contributed by atoms with Crippen LogP contribution in [-0.4, -0.2) is 47.4 Å². The minimum Gasteiger partial charge on any atom is -0.338 e. The maximum Gasteiger partial charge on any atom is 0.219 e. The van der Waals surface area contributed by atoms with E-state index in [1.807, 2.05) is 0 Å². The highest BCUT2D eigenvalue weighted by molar-refractivity contribution is 5.74. The van der Waals surface area contributed by atoms with Gasteiger partial charge in [0.25, 0.3) is 0 Å². The first-order valence-electron chi connectivity index (χ1n) is 8.27. The van der Waals surface area contributed by atoms with Gasteiger partial charge in [-0.05, 0) is 51.0 Å². The summed E-state index contributed by atoms with van der Waals surface area (Å²) in [7, 11) is 0. The number of carbonyl (C=O) groups excluding carboxylic acids is 1. The van der Waals surface area contributed by atoms with Crippen LogP contribution in [0.5, 0.6) is 0 Å². The zero-order valence-electron chi connectivity index (χ0n) is 12.3. The first-order valence-corrected chi connectivity index (χ1v) is 8.27. The van der Waals surface area contributed by atoms with E-state index >= 15 is 0 Å². The van der Waals surface area contributed by atoms with E-state index in [2.05, 4.69) is 9.80 Å². The molecule has 108 valence electrons. The van der Waals surface area contributed by atoms with E-state index in [0.717, 1.165) is 12.5 Å². The summed E-state index contributed by atoms with van der Waals surface area (Å²) in [5.41, 5.74) is 0. The third-order valence-electron chi connectivity index (χ3n) is 5.53. The van der Waals surface area contributed by atoms with Gasteiger partial charge in [-0.2, -0.15) is 0 Å². The van der Waals surface area contributed by atoms with Crippen molar-refractivity contribution in [3.05, 3.63) is 0 Å². The number of amides is 1. The predicted octanol–water partition coefficient (Wildman–Crippen LogP) is 2.65. The van der Waals surface area contributed by atoms with Crippen molar-refractivity contribution < 1.29 is 4.79 Å². The highest BCUT2D eigenvalue weighted by Crippen LogP contribution is 2.33. The molecule has 0 radical (unpaired) electrons. The Hall–Kier alpha value is -0.570. The molecule has 0 bridgehead atoms. The van der Waals surface area contributed by atoms with Crippen LogP contribution in [0.3, 0.4) is 0 Å². The van der Waals surface area contributed by atoms with Crippen molar-refractivity contribution in [3.63, 3.8) is 0 Å². The Labute approximate surface area is 117 Å². The molecule has 0 unspecified atom stereocenters. The lowest BCUT2D eigenvalue weighted by molar-refractivity contribution is -0.130. The lowest BCUT2D eigenvalue weighted by Gasteiger charge is -2.35. The lowest BCUT2D eigenvalue weighted by Crippen LogP contribution is -2.48. The van der Waals surface area contributed by atoms with Crippen LogP contribution >= 0.6 is 0 Å². The van der Waals surface area contributed by atoms with Crippen LogP contribution < -0.4 is 0 Å². The average Bonchev–Trinajstić information content (AvgIpc) is 3.08. The van der Waals surface area contributed by atoms with Gasteiger partial charge in [0.2, 0.25) is 5.91 Å². The molecule has 0 aromatic rings. The summed E-state index contributed by atoms with van der Waals surface area (Å²) in [5, 5.41) is 0. The predicted molar refractivity (Wildman–Crippen MR) is 77.0 cm³/mol. The van der Waals surface area contributed by atoms with Crippen molar-refractivity contribution in [1.82, 2.24) is 9.80 Å². The Morgan fingerprint density at radius 3 is 2.37 bits per heavy atom. The smallest absolute Gasteiger partial charge is 0.219 e. The van der Waals surface area contributed by atoms with E-state index < -0.39 is 0 Å². The van der Waals surface area contributed by atoms with Crippen LogP contribution in [0.15, 0.2) is 0 Å². The van der Waals surface area contributed by atoms with Gasteiger partial charge in [0.1, 0.15) is 0 Å². The second-order valence-electron chi connectivity index (χ2n) is 6.78. The minimum atomic E-state index is 0.287. The molecule has 3 fully saturated rings. The normalized spacial score (nSPS) is 33.4. The molecular weight excluding hydrogens is 236 g/mol. The summed E-state index contributed by atoms with van der Waals surface area (Å²) in [5.74, 6) is 1.22. The summed E-state index contributed by atoms with van der Waals surface area (Å²) < 4.78 is 0. The third-order valence-corrected chi connectivity index (χ3v) is 5.53. The van der Waals surface area contributed by atoms with E-state index in [4.69, 9.17) is 0 Å². The number of hydrogen-bond acceptors (Lipinski definition) is 2. The second kappa shape index (κ2) is 5.82. The Bertz CT molecular complexity index is 325. The van der Waals surface area contributed by atoms with Crippen LogP contribution in [0, 0.1) is 5.92 Å². The van der Waals surface area contributed by atoms with Crippen molar-refractivity contribution in [3.8, 4) is 0 Å². The summed E-state index contributed by atoms with van der Waals surface area (Å²) in [6.45, 7) is 5.30. The molecule has 0 aromatic carbocycles. The van der Waals surface area contributed by atoms with Gasteiger partial charge < -0.3 is 4.90 Å². The average molecular weight is 264 g/mol. The molecule has 19 heavy (non-hydrogen) atoms. The van der Waals surface area contributed by atoms with Crippen LogP contribution in [0.25, 0.3) is 0 Å². The Morgan fingerprint density at radius 1 is 0.947 bits per heavy atom. The molecule has 3 aliphatic rings. The zero-order chi connectivity index (χ0) is 13.2. The Kier molecular flexibility index (Phi) is 4.11. The van der Waals surface area contributed by atoms with Gasteiger partial charge in [-0.3, -0.25) is 9.69 Å². The van der Waals surface area contributed by atoms with Gasteiger partial charge >= 0.3 is 0 Å². The Balaban J connectivity index is 1.63. The summed E-state index contributed by atoms with van der Waals surface area (Å²) in [4.78, 5) is 16.6. The highest BCUT2D eigenvalue weighted by Gasteiger charge is 2.39. The maximum atomic E-state index is 11.8. The molecule has 0 spiro atoms. The van der Waals surface area contributed by atoms with Crippen molar-refractivity contribution >= 4 is 5.91 Å². The van der Waals surface area contributed by atoms with E-state index in [1.165, 1.54) is 64.5 Å². The Morgan fingerprint density at radius 2 is 1.63 bits per heavy atom. The van der Waals surface area contributed by atoms with Crippen LogP contribution in [0.4, 0.5) is 0 Å². The number of nitrogens with zero attached hydrogens (tertiary/aromatic N) is 2. The largest absolute Gasteiger partial charge is 0.338 e. The molecule has 3 rings (SSSR count). The van der Waals surface area contributed by atoms with Gasteiger partial charge in [0, 0.05) is 32.1 Å². The first-order chi connectivity index (χ1) is 9.25. The number of rotatable bonds is 3. The molecule has 2 atom stereocenters. The standard InChI is InChI=1S/C16H28N2O/c1-13(19)18-11-5-9-16(18)15-8-4-10-17(15)12-14-6-2-3-7-14/h14-16H,2-12H2,1H3/t15-,16-/m0/s1. The van der Waals surface area contributed by atoms with Crippen LogP contribution in [0.1, 0.15) is 58.3 Å². The van der Waals surface area contributed by atoms with E-state index in [9.17, 15) is 4.79 Å². The molecule has 3 heteroatoms. The molecule has 2 saturated heterocycles. The van der Waals surface area contributed by atoms with Gasteiger partial charge in [0.05, 0.1) is 0 Å². The van der Waals surface area contributed by atoms with Crippen molar-refractivity contribution in [2.75, 3.05) is 19.6 Å². The van der Waals surface area contributed by atoms with Gasteiger partial charge in [-0.15, -0.1) is 0 Å². The quantitative estimate of drug-likeness (QED) is 0.782. The van der Waals surface area contributed by atoms with Gasteiger partial charge in [0.15, 0.2) is 0 Å². The topological polar surface area (TPSA) is 23.6 Å². The molecule has 1 amide bonds. The minimum absolute atomic E-state index is 0.287. The second-order valence-corrected chi connectivity index (χ2v) is 6.78. The SMILES string of the molecule is CC(=O)N1CCC[C@H]1[C@@H]1CCCN1CC1CCCC1. The highest BCUT2D eigenvalue weighted by atomic mass is 16.2. The molecule has 2 aliphatic heterocycles. The van der Waals surface area contributed by atoms with E-state index in [1.54, 1.807) is 6.92 Å². The van der Waals surface area contributed by atoms with Crippen LogP contribution in [-0.2, 0) is 4.79 Å². The molecule has 3 nitrogen and oxygen atoms in total. The van der Waals surface area contributed by atoms with Crippen molar-refractivity contribution in [1.29, 1.82) is 0 Å². The molecular formula is C16H28N2O. The van der Waals surface area contributed by atoms with Crippen LogP contribution in [0.2, 0.25) is 0 Å². The first kappa shape index (κ1) is 13.4. The third kappa shape index (κ3) is 2.81. The summed E-state index contributed by atoms with van der Waals surface area (Å²) >= 11 is 0. The summed E-state index contributed by atoms with van der Waals surface area (Å²) in [6, 6.07) is 1.17. The molecule has 1 saturated carbocycles. The van der Waals surface area contributed by atoms with E-state index in [0.29, 0.717) is 12.1 Å². The van der Waals surface area contributed by atoms with Crippen molar-refractivity contribution in [2.24, 2.45) is 5.92 Å². The number of carbonyl (C=O) groups is 1. The number of hydrogen-bond donors (Lipinski definition) is 0. The fourth-order valence-electron chi connectivity index (χ4n) is 4.62. The zero-order valence-corrected chi connectivity index (χ0v) is 12.3. The molecule has 0 N–H and O–H groups in total. The molecule has 2 heterocycles. The summed E-state index contributed by atoms with van der Waals surface area (Å²) in [6.07, 6.45) is 10.8. The van der Waals surface area contributed by atoms with Gasteiger partial charge in [-0.25, -0.2) is 0 Å². The number of likely N-dealkylation sites (tertiary alicyclic amines) is 2. The monoisotopic (exact) mass is 264 g/mol. The fourth-order valence-corrected chi connectivity index (χ4v) is 4.62. The fraction of sp³-hybridized carbons (Fsp3) is 0.938. The van der Waals surface area contributed by atoms with Gasteiger partial charge in [-0.1, -0.05) is 12.8 Å². The maximum absolute atomic E-state index is 11.8. The van der Waals surface area contributed by atoms with Crippen molar-refractivity contribution in [2.45, 2.75) is 70.4 Å². The molecule has 0 aromatic heterocycles. The lowest BCUT2D eigenvalue weighted by atomic mass is 10.0. The molecule has 1 aliphatic carbocycles. The van der Waals surface area contributed by atoms with E-state index in [-0.39, 0.29) is 5.91 Å².